The van der Waals surface area contributed by atoms with Crippen LogP contribution in [0.2, 0.25) is 0 Å². The van der Waals surface area contributed by atoms with Crippen LogP contribution in [0.15, 0.2) is 0 Å². The first-order valence-electron chi connectivity index (χ1n) is 3.61. The summed E-state index contributed by atoms with van der Waals surface area (Å²) in [6.07, 6.45) is 0. The van der Waals surface area contributed by atoms with Crippen molar-refractivity contribution in [3.05, 3.63) is 0 Å². The molecule has 64 valence electrons. The fourth-order valence-corrected chi connectivity index (χ4v) is 0.782. The van der Waals surface area contributed by atoms with Gasteiger partial charge in [0.15, 0.2) is 0 Å². The van der Waals surface area contributed by atoms with Crippen LogP contribution >= 0.6 is 0 Å². The first-order valence-corrected chi connectivity index (χ1v) is 3.61. The number of aliphatic hydroxyl groups is 1. The lowest BCUT2D eigenvalue weighted by atomic mass is 10.1. The summed E-state index contributed by atoms with van der Waals surface area (Å²) < 4.78 is 0. The normalized spacial score (nSPS) is 20.5. The van der Waals surface area contributed by atoms with Gasteiger partial charge in [0.2, 0.25) is 5.91 Å². The Bertz CT molecular complexity index is 147. The van der Waals surface area contributed by atoms with Gasteiger partial charge >= 0.3 is 0 Å². The Kier molecular flexibility index (Phi) is 2.81. The predicted octanol–water partition coefficient (Wildman–Crippen LogP) is -2.61. The molecule has 5 nitrogen and oxygen atoms in total. The molecular weight excluding hydrogens is 146 g/mol. The minimum atomic E-state index is -0.782. The van der Waals surface area contributed by atoms with Crippen LogP contribution in [-0.4, -0.2) is 42.8 Å². The zero-order chi connectivity index (χ0) is 8.27. The van der Waals surface area contributed by atoms with Gasteiger partial charge in [0.25, 0.3) is 0 Å². The zero-order valence-electron chi connectivity index (χ0n) is 6.21. The van der Waals surface area contributed by atoms with Gasteiger partial charge in [-0.2, -0.15) is 0 Å². The average molecular weight is 159 g/mol. The minimum absolute atomic E-state index is 0.195. The molecule has 1 amide bonds. The van der Waals surface area contributed by atoms with Crippen LogP contribution in [0, 0.1) is 0 Å². The molecule has 1 saturated heterocycles. The van der Waals surface area contributed by atoms with Crippen molar-refractivity contribution in [2.45, 2.75) is 12.1 Å². The Hall–Kier alpha value is -0.650. The van der Waals surface area contributed by atoms with E-state index in [1.807, 2.05) is 0 Å². The Morgan fingerprint density at radius 3 is 2.82 bits per heavy atom. The molecule has 11 heavy (non-hydrogen) atoms. The summed E-state index contributed by atoms with van der Waals surface area (Å²) in [5.41, 5.74) is 5.26. The molecule has 0 aliphatic carbocycles. The molecule has 5 heteroatoms. The third-order valence-corrected chi connectivity index (χ3v) is 1.66. The molecule has 1 rings (SSSR count). The number of carbonyl (C=O) groups is 1. The number of hydrogen-bond donors (Lipinski definition) is 4. The molecule has 1 atom stereocenters. The summed E-state index contributed by atoms with van der Waals surface area (Å²) in [5, 5.41) is 14.2. The van der Waals surface area contributed by atoms with E-state index in [4.69, 9.17) is 10.8 Å². The SMILES string of the molecule is NC(CO)C(=O)NC1CNC1. The third kappa shape index (κ3) is 2.14. The van der Waals surface area contributed by atoms with E-state index in [0.29, 0.717) is 0 Å². The highest BCUT2D eigenvalue weighted by atomic mass is 16.3. The lowest BCUT2D eigenvalue weighted by molar-refractivity contribution is -0.124. The lowest BCUT2D eigenvalue weighted by Gasteiger charge is -2.28. The van der Waals surface area contributed by atoms with Crippen molar-refractivity contribution in [2.75, 3.05) is 19.7 Å². The summed E-state index contributed by atoms with van der Waals surface area (Å²) >= 11 is 0. The molecule has 0 aromatic carbocycles. The van der Waals surface area contributed by atoms with Crippen LogP contribution in [0.5, 0.6) is 0 Å². The summed E-state index contributed by atoms with van der Waals surface area (Å²) in [7, 11) is 0. The van der Waals surface area contributed by atoms with E-state index in [-0.39, 0.29) is 18.6 Å². The molecule has 0 aromatic heterocycles. The van der Waals surface area contributed by atoms with E-state index < -0.39 is 6.04 Å². The number of rotatable bonds is 3. The fraction of sp³-hybridized carbons (Fsp3) is 0.833. The highest BCUT2D eigenvalue weighted by Gasteiger charge is 2.21. The van der Waals surface area contributed by atoms with Gasteiger partial charge in [-0.05, 0) is 0 Å². The van der Waals surface area contributed by atoms with Crippen LogP contribution in [0.1, 0.15) is 0 Å². The second-order valence-electron chi connectivity index (χ2n) is 2.65. The standard InChI is InChI=1S/C6H13N3O2/c7-5(3-10)6(11)9-4-1-8-2-4/h4-5,8,10H,1-3,7H2,(H,9,11). The molecule has 0 aromatic rings. The third-order valence-electron chi connectivity index (χ3n) is 1.66. The van der Waals surface area contributed by atoms with Gasteiger partial charge < -0.3 is 21.5 Å². The largest absolute Gasteiger partial charge is 0.394 e. The number of nitrogens with one attached hydrogen (secondary N) is 2. The summed E-state index contributed by atoms with van der Waals surface area (Å²) in [6, 6.07) is -0.587. The molecule has 1 aliphatic heterocycles. The highest BCUT2D eigenvalue weighted by molar-refractivity contribution is 5.82. The van der Waals surface area contributed by atoms with Gasteiger partial charge in [0.05, 0.1) is 12.6 Å². The van der Waals surface area contributed by atoms with Crippen molar-refractivity contribution in [2.24, 2.45) is 5.73 Å². The number of aliphatic hydroxyl groups excluding tert-OH is 1. The molecule has 1 heterocycles. The Balaban J connectivity index is 2.19. The van der Waals surface area contributed by atoms with Crippen LogP contribution in [0.25, 0.3) is 0 Å². The second kappa shape index (κ2) is 3.66. The molecular formula is C6H13N3O2. The first kappa shape index (κ1) is 8.45. The molecule has 5 N–H and O–H groups in total. The van der Waals surface area contributed by atoms with Crippen LogP contribution in [0.3, 0.4) is 0 Å². The second-order valence-corrected chi connectivity index (χ2v) is 2.65. The number of nitrogens with two attached hydrogens (primary N) is 1. The topological polar surface area (TPSA) is 87.4 Å². The predicted molar refractivity (Wildman–Crippen MR) is 39.9 cm³/mol. The van der Waals surface area contributed by atoms with Gasteiger partial charge in [-0.1, -0.05) is 0 Å². The van der Waals surface area contributed by atoms with Crippen molar-refractivity contribution in [3.63, 3.8) is 0 Å². The molecule has 1 aliphatic rings. The quantitative estimate of drug-likeness (QED) is 0.363. The Labute approximate surface area is 65.0 Å². The van der Waals surface area contributed by atoms with Crippen molar-refractivity contribution < 1.29 is 9.90 Å². The van der Waals surface area contributed by atoms with E-state index in [9.17, 15) is 4.79 Å². The zero-order valence-corrected chi connectivity index (χ0v) is 6.21. The lowest BCUT2D eigenvalue weighted by Crippen LogP contribution is -2.59. The van der Waals surface area contributed by atoms with Gasteiger partial charge in [-0.3, -0.25) is 4.79 Å². The maximum absolute atomic E-state index is 11.0. The molecule has 1 fully saturated rings. The van der Waals surface area contributed by atoms with Crippen molar-refractivity contribution >= 4 is 5.91 Å². The monoisotopic (exact) mass is 159 g/mol. The molecule has 0 radical (unpaired) electrons. The van der Waals surface area contributed by atoms with Crippen molar-refractivity contribution in [1.82, 2.24) is 10.6 Å². The molecule has 0 saturated carbocycles. The van der Waals surface area contributed by atoms with Gasteiger partial charge in [-0.15, -0.1) is 0 Å². The van der Waals surface area contributed by atoms with E-state index in [0.717, 1.165) is 13.1 Å². The summed E-state index contributed by atoms with van der Waals surface area (Å²) in [6.45, 7) is 1.29. The van der Waals surface area contributed by atoms with Crippen LogP contribution < -0.4 is 16.4 Å². The number of amides is 1. The molecule has 1 unspecified atom stereocenters. The van der Waals surface area contributed by atoms with Gasteiger partial charge in [-0.25, -0.2) is 0 Å². The van der Waals surface area contributed by atoms with Crippen molar-refractivity contribution in [1.29, 1.82) is 0 Å². The fourth-order valence-electron chi connectivity index (χ4n) is 0.782. The van der Waals surface area contributed by atoms with E-state index in [1.54, 1.807) is 0 Å². The van der Waals surface area contributed by atoms with Crippen LogP contribution in [-0.2, 0) is 4.79 Å². The maximum Gasteiger partial charge on any atom is 0.239 e. The number of carbonyl (C=O) groups excluding carboxylic acids is 1. The van der Waals surface area contributed by atoms with Crippen molar-refractivity contribution in [3.8, 4) is 0 Å². The minimum Gasteiger partial charge on any atom is -0.394 e. The number of hydrogen-bond acceptors (Lipinski definition) is 4. The van der Waals surface area contributed by atoms with E-state index in [2.05, 4.69) is 10.6 Å². The Morgan fingerprint density at radius 1 is 1.82 bits per heavy atom. The highest BCUT2D eigenvalue weighted by Crippen LogP contribution is 1.90. The van der Waals surface area contributed by atoms with E-state index in [1.165, 1.54) is 0 Å². The van der Waals surface area contributed by atoms with Gasteiger partial charge in [0.1, 0.15) is 6.04 Å². The van der Waals surface area contributed by atoms with Gasteiger partial charge in [0, 0.05) is 13.1 Å². The van der Waals surface area contributed by atoms with E-state index >= 15 is 0 Å². The average Bonchev–Trinajstić information content (AvgIpc) is 1.94. The smallest absolute Gasteiger partial charge is 0.239 e. The summed E-state index contributed by atoms with van der Waals surface area (Å²) in [5.74, 6) is -0.279. The summed E-state index contributed by atoms with van der Waals surface area (Å²) in [4.78, 5) is 11.0. The van der Waals surface area contributed by atoms with Crippen LogP contribution in [0.4, 0.5) is 0 Å². The maximum atomic E-state index is 11.0. The molecule has 0 spiro atoms. The first-order chi connectivity index (χ1) is 5.24. The Morgan fingerprint density at radius 2 is 2.45 bits per heavy atom. The molecule has 0 bridgehead atoms.